The normalized spacial score (nSPS) is 23.0. The van der Waals surface area contributed by atoms with E-state index >= 15 is 0 Å². The number of aromatic nitrogens is 4. The molecule has 32 heavy (non-hydrogen) atoms. The summed E-state index contributed by atoms with van der Waals surface area (Å²) in [4.78, 5) is 13.7. The molecule has 170 valence electrons. The van der Waals surface area contributed by atoms with Crippen LogP contribution in [0, 0.1) is 11.6 Å². The zero-order valence-electron chi connectivity index (χ0n) is 17.9. The summed E-state index contributed by atoms with van der Waals surface area (Å²) >= 11 is 6.23. The maximum atomic E-state index is 14.4. The van der Waals surface area contributed by atoms with Gasteiger partial charge in [0, 0.05) is 38.3 Å². The predicted molar refractivity (Wildman–Crippen MR) is 120 cm³/mol. The summed E-state index contributed by atoms with van der Waals surface area (Å²) in [6.07, 6.45) is 5.65. The molecule has 2 aliphatic rings. The molecule has 3 heterocycles. The highest BCUT2D eigenvalue weighted by Crippen LogP contribution is 2.30. The van der Waals surface area contributed by atoms with Gasteiger partial charge >= 0.3 is 0 Å². The molecule has 1 aliphatic carbocycles. The molecule has 1 saturated carbocycles. The number of halogens is 3. The van der Waals surface area contributed by atoms with Crippen LogP contribution in [-0.4, -0.2) is 74.7 Å². The smallest absolute Gasteiger partial charge is 0.198 e. The van der Waals surface area contributed by atoms with E-state index in [1.165, 1.54) is 28.9 Å². The van der Waals surface area contributed by atoms with Crippen LogP contribution in [0.1, 0.15) is 25.7 Å². The number of fused-ring (bicyclic) bond motifs is 1. The third-order valence-electron chi connectivity index (χ3n) is 6.60. The number of hydrogen-bond acceptors (Lipinski definition) is 6. The number of imidazole rings is 1. The zero-order valence-corrected chi connectivity index (χ0v) is 18.7. The number of nitrogens with zero attached hydrogens (tertiary/aromatic N) is 6. The summed E-state index contributed by atoms with van der Waals surface area (Å²) in [6, 6.07) is 4.50. The molecule has 1 aliphatic heterocycles. The van der Waals surface area contributed by atoms with Crippen LogP contribution in [0.25, 0.3) is 17.0 Å². The second-order valence-corrected chi connectivity index (χ2v) is 9.07. The molecular weight excluding hydrogens is 436 g/mol. The van der Waals surface area contributed by atoms with E-state index in [1.807, 2.05) is 0 Å². The van der Waals surface area contributed by atoms with E-state index in [-0.39, 0.29) is 22.6 Å². The number of benzene rings is 1. The molecule has 0 spiro atoms. The lowest BCUT2D eigenvalue weighted by Gasteiger charge is -2.41. The molecule has 10 heteroatoms. The van der Waals surface area contributed by atoms with Crippen LogP contribution in [-0.2, 0) is 0 Å². The summed E-state index contributed by atoms with van der Waals surface area (Å²) < 4.78 is 30.2. The van der Waals surface area contributed by atoms with Crippen molar-refractivity contribution in [3.63, 3.8) is 0 Å². The summed E-state index contributed by atoms with van der Waals surface area (Å²) in [5.74, 6) is -1.08. The standard InChI is InChI=1S/C22H26ClF2N7/c1-30-9-11-31(12-10-30)15-7-5-14(6-8-15)27-21-22-26-13-18(23)32(22)29-20(28-21)19-16(24)3-2-4-17(19)25/h2-4,13-15H,5-12H2,1H3,(H,27,28,29). The number of piperazine rings is 1. The number of nitrogens with one attached hydrogen (secondary N) is 1. The Labute approximate surface area is 190 Å². The molecule has 0 bridgehead atoms. The first-order valence-corrected chi connectivity index (χ1v) is 11.4. The molecule has 1 saturated heterocycles. The van der Waals surface area contributed by atoms with Gasteiger partial charge in [-0.15, -0.1) is 5.10 Å². The van der Waals surface area contributed by atoms with Gasteiger partial charge in [-0.3, -0.25) is 4.90 Å². The minimum Gasteiger partial charge on any atom is -0.364 e. The van der Waals surface area contributed by atoms with Gasteiger partial charge in [0.25, 0.3) is 0 Å². The Balaban J connectivity index is 1.37. The molecule has 5 rings (SSSR count). The van der Waals surface area contributed by atoms with Crippen LogP contribution >= 0.6 is 11.6 Å². The number of anilines is 1. The van der Waals surface area contributed by atoms with Gasteiger partial charge in [0.05, 0.1) is 11.8 Å². The minimum atomic E-state index is -0.723. The van der Waals surface area contributed by atoms with Crippen molar-refractivity contribution >= 4 is 23.1 Å². The molecular formula is C22H26ClF2N7. The first-order valence-electron chi connectivity index (χ1n) is 11.0. The molecule has 1 aromatic carbocycles. The third-order valence-corrected chi connectivity index (χ3v) is 6.86. The first kappa shape index (κ1) is 21.5. The predicted octanol–water partition coefficient (Wildman–Crippen LogP) is 3.69. The van der Waals surface area contributed by atoms with Crippen LogP contribution in [0.15, 0.2) is 24.4 Å². The first-order chi connectivity index (χ1) is 15.5. The van der Waals surface area contributed by atoms with Crippen molar-refractivity contribution in [2.75, 3.05) is 38.5 Å². The van der Waals surface area contributed by atoms with Crippen molar-refractivity contribution in [1.29, 1.82) is 0 Å². The van der Waals surface area contributed by atoms with Crippen molar-refractivity contribution in [2.24, 2.45) is 0 Å². The molecule has 0 atom stereocenters. The van der Waals surface area contributed by atoms with E-state index < -0.39 is 11.6 Å². The van der Waals surface area contributed by atoms with Gasteiger partial charge in [0.1, 0.15) is 11.6 Å². The van der Waals surface area contributed by atoms with E-state index in [0.717, 1.165) is 51.9 Å². The van der Waals surface area contributed by atoms with Crippen LogP contribution in [0.4, 0.5) is 14.6 Å². The van der Waals surface area contributed by atoms with Gasteiger partial charge in [-0.25, -0.2) is 18.7 Å². The highest BCUT2D eigenvalue weighted by Gasteiger charge is 2.28. The Kier molecular flexibility index (Phi) is 5.96. The lowest BCUT2D eigenvalue weighted by Crippen LogP contribution is -2.50. The van der Waals surface area contributed by atoms with Crippen molar-refractivity contribution in [3.05, 3.63) is 41.2 Å². The molecule has 0 amide bonds. The highest BCUT2D eigenvalue weighted by molar-refractivity contribution is 6.29. The Bertz CT molecular complexity index is 1080. The maximum absolute atomic E-state index is 14.4. The largest absolute Gasteiger partial charge is 0.364 e. The van der Waals surface area contributed by atoms with Crippen molar-refractivity contribution in [3.8, 4) is 11.4 Å². The van der Waals surface area contributed by atoms with Crippen LogP contribution in [0.5, 0.6) is 0 Å². The Morgan fingerprint density at radius 2 is 1.72 bits per heavy atom. The highest BCUT2D eigenvalue weighted by atomic mass is 35.5. The Morgan fingerprint density at radius 1 is 1.03 bits per heavy atom. The fraction of sp³-hybridized carbons (Fsp3) is 0.500. The van der Waals surface area contributed by atoms with E-state index in [2.05, 4.69) is 37.2 Å². The Hall–Kier alpha value is -2.36. The van der Waals surface area contributed by atoms with Crippen molar-refractivity contribution in [2.45, 2.75) is 37.8 Å². The van der Waals surface area contributed by atoms with E-state index in [9.17, 15) is 8.78 Å². The lowest BCUT2D eigenvalue weighted by atomic mass is 9.90. The van der Waals surface area contributed by atoms with Gasteiger partial charge in [0.15, 0.2) is 22.4 Å². The maximum Gasteiger partial charge on any atom is 0.198 e. The SMILES string of the molecule is CN1CCN(C2CCC(Nc3nc(-c4c(F)cccc4F)nn4c(Cl)cnc34)CC2)CC1. The van der Waals surface area contributed by atoms with Gasteiger partial charge in [-0.1, -0.05) is 17.7 Å². The van der Waals surface area contributed by atoms with Gasteiger partial charge in [-0.05, 0) is 44.9 Å². The zero-order chi connectivity index (χ0) is 22.2. The molecule has 3 aromatic rings. The quantitative estimate of drug-likeness (QED) is 0.639. The van der Waals surface area contributed by atoms with Gasteiger partial charge < -0.3 is 10.2 Å². The minimum absolute atomic E-state index is 0.0679. The molecule has 2 fully saturated rings. The fourth-order valence-electron chi connectivity index (χ4n) is 4.73. The molecule has 1 N–H and O–H groups in total. The van der Waals surface area contributed by atoms with E-state index in [0.29, 0.717) is 17.5 Å². The average molecular weight is 462 g/mol. The topological polar surface area (TPSA) is 61.6 Å². The summed E-state index contributed by atoms with van der Waals surface area (Å²) in [5.41, 5.74) is 0.165. The van der Waals surface area contributed by atoms with Crippen LogP contribution in [0.2, 0.25) is 5.15 Å². The van der Waals surface area contributed by atoms with Crippen molar-refractivity contribution < 1.29 is 8.78 Å². The molecule has 0 unspecified atom stereocenters. The summed E-state index contributed by atoms with van der Waals surface area (Å²) in [5, 5.41) is 7.94. The Morgan fingerprint density at radius 3 is 2.41 bits per heavy atom. The van der Waals surface area contributed by atoms with Crippen LogP contribution < -0.4 is 5.32 Å². The second-order valence-electron chi connectivity index (χ2n) is 8.69. The number of rotatable bonds is 4. The van der Waals surface area contributed by atoms with Gasteiger partial charge in [0.2, 0.25) is 0 Å². The molecule has 7 nitrogen and oxygen atoms in total. The summed E-state index contributed by atoms with van der Waals surface area (Å²) in [7, 11) is 2.17. The van der Waals surface area contributed by atoms with Crippen LogP contribution in [0.3, 0.4) is 0 Å². The number of likely N-dealkylation sites (N-methyl/N-ethyl adjacent to an activating group) is 1. The van der Waals surface area contributed by atoms with E-state index in [4.69, 9.17) is 11.6 Å². The number of hydrogen-bond donors (Lipinski definition) is 1. The monoisotopic (exact) mass is 461 g/mol. The molecule has 2 aromatic heterocycles. The average Bonchev–Trinajstić information content (AvgIpc) is 3.16. The third kappa shape index (κ3) is 4.16. The molecule has 0 radical (unpaired) electrons. The fourth-order valence-corrected chi connectivity index (χ4v) is 4.90. The van der Waals surface area contributed by atoms with Crippen molar-refractivity contribution in [1.82, 2.24) is 29.4 Å². The lowest BCUT2D eigenvalue weighted by molar-refractivity contribution is 0.0894. The second kappa shape index (κ2) is 8.88. The van der Waals surface area contributed by atoms with Gasteiger partial charge in [-0.2, -0.15) is 4.52 Å². The summed E-state index contributed by atoms with van der Waals surface area (Å²) in [6.45, 7) is 4.48. The van der Waals surface area contributed by atoms with E-state index in [1.54, 1.807) is 0 Å².